The number of ether oxygens (including phenoxy) is 2. The third-order valence-electron chi connectivity index (χ3n) is 4.76. The molecule has 0 N–H and O–H groups in total. The average molecular weight is 327 g/mol. The van der Waals surface area contributed by atoms with Crippen LogP contribution in [0.25, 0.3) is 0 Å². The van der Waals surface area contributed by atoms with Crippen molar-refractivity contribution in [3.63, 3.8) is 0 Å². The van der Waals surface area contributed by atoms with E-state index in [1.165, 1.54) is 7.11 Å². The number of rotatable bonds is 3. The maximum atomic E-state index is 12.7. The normalized spacial score (nSPS) is 23.5. The lowest BCUT2D eigenvalue weighted by Crippen LogP contribution is -2.37. The van der Waals surface area contributed by atoms with Gasteiger partial charge in [-0.2, -0.15) is 0 Å². The van der Waals surface area contributed by atoms with Crippen molar-refractivity contribution in [2.24, 2.45) is 10.9 Å². The first kappa shape index (κ1) is 16.4. The minimum atomic E-state index is -0.605. The summed E-state index contributed by atoms with van der Waals surface area (Å²) in [5, 5.41) is 0. The molecule has 0 aromatic heterocycles. The predicted molar refractivity (Wildman–Crippen MR) is 90.2 cm³/mol. The van der Waals surface area contributed by atoms with E-state index in [0.717, 1.165) is 24.1 Å². The molecular weight excluding hydrogens is 306 g/mol. The summed E-state index contributed by atoms with van der Waals surface area (Å²) >= 11 is 0. The Hall–Kier alpha value is -2.43. The fourth-order valence-electron chi connectivity index (χ4n) is 3.70. The first-order chi connectivity index (χ1) is 11.6. The summed E-state index contributed by atoms with van der Waals surface area (Å²) < 4.78 is 10.5. The number of benzene rings is 1. The molecule has 5 heteroatoms. The van der Waals surface area contributed by atoms with Crippen molar-refractivity contribution in [3.05, 3.63) is 41.1 Å². The topological polar surface area (TPSA) is 65.0 Å². The molecule has 0 spiro atoms. The van der Waals surface area contributed by atoms with E-state index in [1.54, 1.807) is 7.11 Å². The van der Waals surface area contributed by atoms with Crippen LogP contribution < -0.4 is 4.74 Å². The monoisotopic (exact) mass is 327 g/mol. The lowest BCUT2D eigenvalue weighted by molar-refractivity contribution is -0.143. The molecule has 1 unspecified atom stereocenters. The smallest absolute Gasteiger partial charge is 0.315 e. The number of aliphatic imine (C=N–C) groups is 1. The Morgan fingerprint density at radius 2 is 1.96 bits per heavy atom. The number of para-hydroxylation sites is 1. The standard InChI is InChI=1S/C19H21NO4/c1-11-16(19(22)24-3)17(12-7-4-5-10-15(12)23-2)18-13(20-11)8-6-9-14(18)21/h4-5,7,10,16-17H,6,8-9H2,1-3H3/t16?,17-/m0/s1. The molecule has 0 radical (unpaired) electrons. The van der Waals surface area contributed by atoms with Crippen molar-refractivity contribution in [2.75, 3.05) is 14.2 Å². The van der Waals surface area contributed by atoms with Crippen LogP contribution in [0.15, 0.2) is 40.5 Å². The number of nitrogens with zero attached hydrogens (tertiary/aromatic N) is 1. The Labute approximate surface area is 141 Å². The Bertz CT molecular complexity index is 747. The van der Waals surface area contributed by atoms with Crippen LogP contribution >= 0.6 is 0 Å². The molecule has 2 aliphatic rings. The lowest BCUT2D eigenvalue weighted by Gasteiger charge is -2.34. The van der Waals surface area contributed by atoms with E-state index in [0.29, 0.717) is 23.5 Å². The molecule has 0 saturated heterocycles. The van der Waals surface area contributed by atoms with Gasteiger partial charge in [-0.05, 0) is 25.8 Å². The van der Waals surface area contributed by atoms with Crippen molar-refractivity contribution in [2.45, 2.75) is 32.1 Å². The number of carbonyl (C=O) groups excluding carboxylic acids is 2. The molecule has 1 aliphatic carbocycles. The Kier molecular flexibility index (Phi) is 4.51. The SMILES string of the molecule is COC(=O)C1C(C)=NC2=C(C(=O)CCC2)[C@H]1c1ccccc1OC. The fraction of sp³-hybridized carbons (Fsp3) is 0.421. The van der Waals surface area contributed by atoms with Crippen LogP contribution in [0.2, 0.25) is 0 Å². The number of allylic oxidation sites excluding steroid dienone is 2. The van der Waals surface area contributed by atoms with E-state index in [-0.39, 0.29) is 11.8 Å². The molecule has 126 valence electrons. The third kappa shape index (κ3) is 2.64. The average Bonchev–Trinajstić information content (AvgIpc) is 2.60. The van der Waals surface area contributed by atoms with Crippen LogP contribution in [0, 0.1) is 5.92 Å². The Balaban J connectivity index is 2.22. The number of ketones is 1. The van der Waals surface area contributed by atoms with E-state index >= 15 is 0 Å². The first-order valence-electron chi connectivity index (χ1n) is 8.10. The summed E-state index contributed by atoms with van der Waals surface area (Å²) in [6.45, 7) is 1.83. The van der Waals surface area contributed by atoms with Gasteiger partial charge in [0, 0.05) is 34.9 Å². The van der Waals surface area contributed by atoms with Crippen molar-refractivity contribution in [1.82, 2.24) is 0 Å². The van der Waals surface area contributed by atoms with Gasteiger partial charge in [-0.25, -0.2) is 0 Å². The molecule has 1 aliphatic heterocycles. The molecule has 0 bridgehead atoms. The fourth-order valence-corrected chi connectivity index (χ4v) is 3.70. The van der Waals surface area contributed by atoms with Crippen molar-refractivity contribution in [3.8, 4) is 5.75 Å². The molecule has 24 heavy (non-hydrogen) atoms. The van der Waals surface area contributed by atoms with Gasteiger partial charge in [-0.15, -0.1) is 0 Å². The maximum Gasteiger partial charge on any atom is 0.315 e. The van der Waals surface area contributed by atoms with Crippen LogP contribution in [0.4, 0.5) is 0 Å². The zero-order valence-corrected chi connectivity index (χ0v) is 14.2. The van der Waals surface area contributed by atoms with Gasteiger partial charge in [0.15, 0.2) is 5.78 Å². The van der Waals surface area contributed by atoms with E-state index in [1.807, 2.05) is 31.2 Å². The molecule has 2 atom stereocenters. The Morgan fingerprint density at radius 3 is 2.67 bits per heavy atom. The number of carbonyl (C=O) groups is 2. The van der Waals surface area contributed by atoms with Gasteiger partial charge < -0.3 is 9.47 Å². The molecule has 3 rings (SSSR count). The number of hydrogen-bond donors (Lipinski definition) is 0. The molecule has 1 heterocycles. The third-order valence-corrected chi connectivity index (χ3v) is 4.76. The second kappa shape index (κ2) is 6.59. The summed E-state index contributed by atoms with van der Waals surface area (Å²) in [6, 6.07) is 7.51. The van der Waals surface area contributed by atoms with Crippen LogP contribution in [0.3, 0.4) is 0 Å². The summed E-state index contributed by atoms with van der Waals surface area (Å²) in [7, 11) is 2.95. The lowest BCUT2D eigenvalue weighted by atomic mass is 9.71. The van der Waals surface area contributed by atoms with Gasteiger partial charge in [-0.1, -0.05) is 18.2 Å². The van der Waals surface area contributed by atoms with E-state index in [2.05, 4.69) is 4.99 Å². The second-order valence-corrected chi connectivity index (χ2v) is 6.11. The summed E-state index contributed by atoms with van der Waals surface area (Å²) in [5.41, 5.74) is 2.96. The second-order valence-electron chi connectivity index (χ2n) is 6.11. The molecule has 1 aromatic carbocycles. The highest BCUT2D eigenvalue weighted by atomic mass is 16.5. The first-order valence-corrected chi connectivity index (χ1v) is 8.10. The van der Waals surface area contributed by atoms with Gasteiger partial charge in [-0.3, -0.25) is 14.6 Å². The van der Waals surface area contributed by atoms with Crippen LogP contribution in [-0.2, 0) is 14.3 Å². The Morgan fingerprint density at radius 1 is 1.21 bits per heavy atom. The van der Waals surface area contributed by atoms with Crippen molar-refractivity contribution < 1.29 is 19.1 Å². The number of hydrogen-bond acceptors (Lipinski definition) is 5. The van der Waals surface area contributed by atoms with E-state index < -0.39 is 11.8 Å². The van der Waals surface area contributed by atoms with E-state index in [9.17, 15) is 9.59 Å². The minimum Gasteiger partial charge on any atom is -0.496 e. The zero-order chi connectivity index (χ0) is 17.3. The molecular formula is C19H21NO4. The van der Waals surface area contributed by atoms with Gasteiger partial charge in [0.25, 0.3) is 0 Å². The van der Waals surface area contributed by atoms with Gasteiger partial charge >= 0.3 is 5.97 Å². The van der Waals surface area contributed by atoms with Gasteiger partial charge in [0.2, 0.25) is 0 Å². The summed E-state index contributed by atoms with van der Waals surface area (Å²) in [5.74, 6) is -0.660. The van der Waals surface area contributed by atoms with Gasteiger partial charge in [0.1, 0.15) is 11.7 Å². The maximum absolute atomic E-state index is 12.7. The number of Topliss-reactive ketones (excluding diaryl/α,β-unsaturated/α-hetero) is 1. The highest BCUT2D eigenvalue weighted by Gasteiger charge is 2.43. The zero-order valence-electron chi connectivity index (χ0n) is 14.2. The summed E-state index contributed by atoms with van der Waals surface area (Å²) in [6.07, 6.45) is 2.06. The van der Waals surface area contributed by atoms with Crippen LogP contribution in [0.1, 0.15) is 37.7 Å². The van der Waals surface area contributed by atoms with Crippen molar-refractivity contribution >= 4 is 17.5 Å². The highest BCUT2D eigenvalue weighted by molar-refractivity contribution is 6.08. The predicted octanol–water partition coefficient (Wildman–Crippen LogP) is 3.05. The van der Waals surface area contributed by atoms with E-state index in [4.69, 9.17) is 9.47 Å². The van der Waals surface area contributed by atoms with Gasteiger partial charge in [0.05, 0.1) is 14.2 Å². The molecule has 0 amide bonds. The number of methoxy groups -OCH3 is 2. The number of esters is 1. The van der Waals surface area contributed by atoms with Crippen molar-refractivity contribution in [1.29, 1.82) is 0 Å². The molecule has 5 nitrogen and oxygen atoms in total. The largest absolute Gasteiger partial charge is 0.496 e. The molecule has 1 aromatic rings. The summed E-state index contributed by atoms with van der Waals surface area (Å²) in [4.78, 5) is 29.7. The minimum absolute atomic E-state index is 0.0670. The quantitative estimate of drug-likeness (QED) is 0.800. The molecule has 0 fully saturated rings. The van der Waals surface area contributed by atoms with Crippen LogP contribution in [-0.4, -0.2) is 31.7 Å². The molecule has 0 saturated carbocycles. The highest BCUT2D eigenvalue weighted by Crippen LogP contribution is 2.45. The van der Waals surface area contributed by atoms with Crippen LogP contribution in [0.5, 0.6) is 5.75 Å².